The highest BCUT2D eigenvalue weighted by molar-refractivity contribution is 9.11. The Morgan fingerprint density at radius 2 is 2.25 bits per heavy atom. The number of thiophene rings is 1. The van der Waals surface area contributed by atoms with E-state index >= 15 is 0 Å². The highest BCUT2D eigenvalue weighted by Gasteiger charge is 2.11. The first-order chi connectivity index (χ1) is 9.47. The predicted molar refractivity (Wildman–Crippen MR) is 87.5 cm³/mol. The van der Waals surface area contributed by atoms with Gasteiger partial charge in [0.05, 0.1) is 3.79 Å². The molecule has 0 unspecified atom stereocenters. The van der Waals surface area contributed by atoms with E-state index in [2.05, 4.69) is 46.2 Å². The maximum atomic E-state index is 12.4. The van der Waals surface area contributed by atoms with Crippen molar-refractivity contribution in [3.63, 3.8) is 0 Å². The van der Waals surface area contributed by atoms with Crippen molar-refractivity contribution in [1.29, 1.82) is 0 Å². The molecule has 0 amide bonds. The van der Waals surface area contributed by atoms with Crippen LogP contribution >= 0.6 is 27.3 Å². The Morgan fingerprint density at radius 1 is 1.50 bits per heavy atom. The zero-order valence-corrected chi connectivity index (χ0v) is 14.2. The summed E-state index contributed by atoms with van der Waals surface area (Å²) in [5, 5.41) is 2.08. The van der Waals surface area contributed by atoms with Gasteiger partial charge in [-0.15, -0.1) is 11.3 Å². The number of anilines is 1. The smallest absolute Gasteiger partial charge is 0.293 e. The van der Waals surface area contributed by atoms with E-state index < -0.39 is 0 Å². The molecule has 2 rings (SSSR count). The van der Waals surface area contributed by atoms with Crippen molar-refractivity contribution in [2.75, 3.05) is 11.9 Å². The number of aromatic nitrogens is 2. The van der Waals surface area contributed by atoms with Crippen LogP contribution in [-0.4, -0.2) is 16.6 Å². The Kier molecular flexibility index (Phi) is 4.99. The fourth-order valence-corrected chi connectivity index (χ4v) is 3.21. The van der Waals surface area contributed by atoms with Gasteiger partial charge in [0.1, 0.15) is 0 Å². The van der Waals surface area contributed by atoms with Crippen molar-refractivity contribution >= 4 is 33.1 Å². The van der Waals surface area contributed by atoms with E-state index in [1.165, 1.54) is 5.56 Å². The summed E-state index contributed by atoms with van der Waals surface area (Å²) < 4.78 is 2.83. The SMILES string of the molecule is CC(C)Cn1ccnc(N(C)Cc2csc(Br)c2)c1=O. The lowest BCUT2D eigenvalue weighted by atomic mass is 10.2. The van der Waals surface area contributed by atoms with Gasteiger partial charge in [-0.25, -0.2) is 4.98 Å². The Balaban J connectivity index is 2.21. The fourth-order valence-electron chi connectivity index (χ4n) is 2.01. The number of hydrogen-bond acceptors (Lipinski definition) is 4. The van der Waals surface area contributed by atoms with E-state index in [1.54, 1.807) is 28.3 Å². The van der Waals surface area contributed by atoms with Crippen LogP contribution in [0.15, 0.2) is 32.4 Å². The van der Waals surface area contributed by atoms with Crippen LogP contribution in [0.3, 0.4) is 0 Å². The maximum absolute atomic E-state index is 12.4. The molecule has 4 nitrogen and oxygen atoms in total. The third-order valence-corrected chi connectivity index (χ3v) is 4.41. The molecule has 0 radical (unpaired) electrons. The minimum absolute atomic E-state index is 0.0296. The molecule has 0 N–H and O–H groups in total. The second kappa shape index (κ2) is 6.54. The molecular weight excluding hydrogens is 338 g/mol. The minimum atomic E-state index is -0.0296. The summed E-state index contributed by atoms with van der Waals surface area (Å²) in [6, 6.07) is 2.07. The van der Waals surface area contributed by atoms with Gasteiger partial charge >= 0.3 is 0 Å². The molecule has 0 fully saturated rings. The third kappa shape index (κ3) is 3.70. The topological polar surface area (TPSA) is 38.1 Å². The summed E-state index contributed by atoms with van der Waals surface area (Å²) in [5.74, 6) is 0.927. The molecule has 0 spiro atoms. The van der Waals surface area contributed by atoms with Crippen molar-refractivity contribution < 1.29 is 0 Å². The van der Waals surface area contributed by atoms with Crippen molar-refractivity contribution in [2.45, 2.75) is 26.9 Å². The molecule has 0 saturated heterocycles. The zero-order chi connectivity index (χ0) is 14.7. The van der Waals surface area contributed by atoms with Crippen LogP contribution in [0.25, 0.3) is 0 Å². The molecular formula is C14H18BrN3OS. The van der Waals surface area contributed by atoms with Crippen LogP contribution in [0.4, 0.5) is 5.82 Å². The van der Waals surface area contributed by atoms with Gasteiger partial charge in [-0.2, -0.15) is 0 Å². The van der Waals surface area contributed by atoms with E-state index in [4.69, 9.17) is 0 Å². The molecule has 0 atom stereocenters. The summed E-state index contributed by atoms with van der Waals surface area (Å²) in [5.41, 5.74) is 1.14. The maximum Gasteiger partial charge on any atom is 0.293 e. The molecule has 0 aliphatic rings. The summed E-state index contributed by atoms with van der Waals surface area (Å²) in [6.45, 7) is 5.58. The van der Waals surface area contributed by atoms with E-state index in [0.29, 0.717) is 24.8 Å². The van der Waals surface area contributed by atoms with Crippen LogP contribution in [-0.2, 0) is 13.1 Å². The van der Waals surface area contributed by atoms with Crippen LogP contribution in [0.5, 0.6) is 0 Å². The van der Waals surface area contributed by atoms with Crippen LogP contribution in [0.2, 0.25) is 0 Å². The average molecular weight is 356 g/mol. The van der Waals surface area contributed by atoms with E-state index in [0.717, 1.165) is 3.79 Å². The standard InChI is InChI=1S/C14H18BrN3OS/c1-10(2)7-18-5-4-16-13(14(18)19)17(3)8-11-6-12(15)20-9-11/h4-6,9-10H,7-8H2,1-3H3. The Labute approximate surface area is 131 Å². The number of halogens is 1. The van der Waals surface area contributed by atoms with Crippen molar-refractivity contribution in [3.8, 4) is 0 Å². The van der Waals surface area contributed by atoms with Gasteiger partial charge < -0.3 is 9.47 Å². The minimum Gasteiger partial charge on any atom is -0.351 e. The van der Waals surface area contributed by atoms with Crippen LogP contribution in [0.1, 0.15) is 19.4 Å². The van der Waals surface area contributed by atoms with E-state index in [-0.39, 0.29) is 5.56 Å². The number of rotatable bonds is 5. The summed E-state index contributed by atoms with van der Waals surface area (Å²) >= 11 is 5.09. The van der Waals surface area contributed by atoms with Crippen molar-refractivity contribution in [2.24, 2.45) is 5.92 Å². The first kappa shape index (κ1) is 15.3. The largest absolute Gasteiger partial charge is 0.351 e. The first-order valence-electron chi connectivity index (χ1n) is 6.47. The Bertz CT molecular complexity index is 635. The van der Waals surface area contributed by atoms with Crippen LogP contribution < -0.4 is 10.5 Å². The van der Waals surface area contributed by atoms with Gasteiger partial charge in [0.2, 0.25) is 0 Å². The molecule has 0 aliphatic carbocycles. The molecule has 0 aliphatic heterocycles. The zero-order valence-electron chi connectivity index (χ0n) is 11.8. The monoisotopic (exact) mass is 355 g/mol. The summed E-state index contributed by atoms with van der Waals surface area (Å²) in [4.78, 5) is 18.5. The lowest BCUT2D eigenvalue weighted by Gasteiger charge is -2.18. The number of hydrogen-bond donors (Lipinski definition) is 0. The highest BCUT2D eigenvalue weighted by Crippen LogP contribution is 2.22. The Morgan fingerprint density at radius 3 is 2.85 bits per heavy atom. The van der Waals surface area contributed by atoms with E-state index in [9.17, 15) is 4.79 Å². The second-order valence-corrected chi connectivity index (χ2v) is 7.51. The summed E-state index contributed by atoms with van der Waals surface area (Å²) in [6.07, 6.45) is 3.44. The highest BCUT2D eigenvalue weighted by atomic mass is 79.9. The van der Waals surface area contributed by atoms with Gasteiger partial charge in [0.25, 0.3) is 5.56 Å². The molecule has 6 heteroatoms. The lowest BCUT2D eigenvalue weighted by molar-refractivity contribution is 0.508. The average Bonchev–Trinajstić information content (AvgIpc) is 2.76. The lowest BCUT2D eigenvalue weighted by Crippen LogP contribution is -2.31. The summed E-state index contributed by atoms with van der Waals surface area (Å²) in [7, 11) is 1.90. The molecule has 0 saturated carbocycles. The fraction of sp³-hybridized carbons (Fsp3) is 0.429. The predicted octanol–water partition coefficient (Wildman–Crippen LogP) is 3.36. The molecule has 108 valence electrons. The molecule has 2 aromatic rings. The molecule has 20 heavy (non-hydrogen) atoms. The van der Waals surface area contributed by atoms with Crippen LogP contribution in [0, 0.1) is 5.92 Å². The third-order valence-electron chi connectivity index (χ3n) is 2.86. The Hall–Kier alpha value is -1.14. The van der Waals surface area contributed by atoms with E-state index in [1.807, 2.05) is 11.9 Å². The van der Waals surface area contributed by atoms with Gasteiger partial charge in [-0.3, -0.25) is 4.79 Å². The number of nitrogens with zero attached hydrogens (tertiary/aromatic N) is 3. The van der Waals surface area contributed by atoms with Gasteiger partial charge in [-0.1, -0.05) is 13.8 Å². The van der Waals surface area contributed by atoms with Gasteiger partial charge in [-0.05, 0) is 38.9 Å². The van der Waals surface area contributed by atoms with Gasteiger partial charge in [0, 0.05) is 32.5 Å². The van der Waals surface area contributed by atoms with Crippen molar-refractivity contribution in [1.82, 2.24) is 9.55 Å². The van der Waals surface area contributed by atoms with Gasteiger partial charge in [0.15, 0.2) is 5.82 Å². The van der Waals surface area contributed by atoms with Crippen molar-refractivity contribution in [3.05, 3.63) is 43.5 Å². The molecule has 0 bridgehead atoms. The second-order valence-electron chi connectivity index (χ2n) is 5.22. The molecule has 2 heterocycles. The molecule has 0 aromatic carbocycles. The quantitative estimate of drug-likeness (QED) is 0.825. The normalized spacial score (nSPS) is 11.1. The first-order valence-corrected chi connectivity index (χ1v) is 8.14. The molecule has 2 aromatic heterocycles.